The Morgan fingerprint density at radius 2 is 2.20 bits per heavy atom. The molecule has 0 fully saturated rings. The molecule has 15 heavy (non-hydrogen) atoms. The van der Waals surface area contributed by atoms with E-state index in [1.54, 1.807) is 0 Å². The van der Waals surface area contributed by atoms with Crippen molar-refractivity contribution in [2.24, 2.45) is 0 Å². The SMILES string of the molecule is CC(C)c1nc(C#N)c2c(n1)CCNC2. The van der Waals surface area contributed by atoms with Crippen molar-refractivity contribution in [2.45, 2.75) is 32.7 Å². The summed E-state index contributed by atoms with van der Waals surface area (Å²) in [7, 11) is 0. The van der Waals surface area contributed by atoms with Gasteiger partial charge in [0.2, 0.25) is 0 Å². The van der Waals surface area contributed by atoms with Gasteiger partial charge in [0.15, 0.2) is 0 Å². The molecule has 2 heterocycles. The van der Waals surface area contributed by atoms with Crippen molar-refractivity contribution >= 4 is 0 Å². The number of nitrogens with one attached hydrogen (secondary N) is 1. The van der Waals surface area contributed by atoms with Gasteiger partial charge in [-0.15, -0.1) is 0 Å². The van der Waals surface area contributed by atoms with Crippen molar-refractivity contribution in [3.8, 4) is 6.07 Å². The van der Waals surface area contributed by atoms with Gasteiger partial charge in [-0.25, -0.2) is 9.97 Å². The van der Waals surface area contributed by atoms with Crippen molar-refractivity contribution in [2.75, 3.05) is 6.54 Å². The fourth-order valence-corrected chi connectivity index (χ4v) is 1.71. The lowest BCUT2D eigenvalue weighted by Crippen LogP contribution is -2.27. The molecule has 1 aliphatic heterocycles. The van der Waals surface area contributed by atoms with Crippen LogP contribution >= 0.6 is 0 Å². The minimum atomic E-state index is 0.275. The molecule has 4 heteroatoms. The Kier molecular flexibility index (Phi) is 2.65. The van der Waals surface area contributed by atoms with E-state index in [0.717, 1.165) is 36.6 Å². The van der Waals surface area contributed by atoms with Crippen LogP contribution < -0.4 is 5.32 Å². The summed E-state index contributed by atoms with van der Waals surface area (Å²) in [5.41, 5.74) is 2.56. The lowest BCUT2D eigenvalue weighted by atomic mass is 10.0. The number of hydrogen-bond acceptors (Lipinski definition) is 4. The normalized spacial score (nSPS) is 14.8. The third-order valence-electron chi connectivity index (χ3n) is 2.57. The Hall–Kier alpha value is -1.47. The molecule has 1 aliphatic rings. The fraction of sp³-hybridized carbons (Fsp3) is 0.545. The van der Waals surface area contributed by atoms with Crippen LogP contribution in [0.3, 0.4) is 0 Å². The zero-order valence-corrected chi connectivity index (χ0v) is 9.04. The average Bonchev–Trinajstić information content (AvgIpc) is 2.27. The van der Waals surface area contributed by atoms with Gasteiger partial charge in [0.1, 0.15) is 17.6 Å². The lowest BCUT2D eigenvalue weighted by Gasteiger charge is -2.18. The monoisotopic (exact) mass is 202 g/mol. The molecule has 1 aromatic rings. The number of nitriles is 1. The van der Waals surface area contributed by atoms with Crippen LogP contribution in [0.15, 0.2) is 0 Å². The summed E-state index contributed by atoms with van der Waals surface area (Å²) < 4.78 is 0. The zero-order valence-electron chi connectivity index (χ0n) is 9.04. The second-order valence-corrected chi connectivity index (χ2v) is 4.05. The second kappa shape index (κ2) is 3.95. The molecule has 4 nitrogen and oxygen atoms in total. The van der Waals surface area contributed by atoms with Gasteiger partial charge in [-0.05, 0) is 0 Å². The van der Waals surface area contributed by atoms with E-state index in [1.165, 1.54) is 0 Å². The van der Waals surface area contributed by atoms with E-state index in [4.69, 9.17) is 5.26 Å². The molecule has 0 atom stereocenters. The average molecular weight is 202 g/mol. The summed E-state index contributed by atoms with van der Waals surface area (Å²) >= 11 is 0. The molecule has 0 bridgehead atoms. The first kappa shape index (κ1) is 10.1. The summed E-state index contributed by atoms with van der Waals surface area (Å²) in [4.78, 5) is 8.81. The van der Waals surface area contributed by atoms with Gasteiger partial charge in [-0.1, -0.05) is 13.8 Å². The van der Waals surface area contributed by atoms with Crippen LogP contribution in [-0.2, 0) is 13.0 Å². The van der Waals surface area contributed by atoms with Crippen LogP contribution in [0.25, 0.3) is 0 Å². The highest BCUT2D eigenvalue weighted by molar-refractivity contribution is 5.36. The van der Waals surface area contributed by atoms with E-state index < -0.39 is 0 Å². The predicted molar refractivity (Wildman–Crippen MR) is 56.2 cm³/mol. The molecule has 2 rings (SSSR count). The maximum atomic E-state index is 9.03. The first-order valence-corrected chi connectivity index (χ1v) is 5.23. The van der Waals surface area contributed by atoms with Crippen LogP contribution in [0.1, 0.15) is 42.5 Å². The van der Waals surface area contributed by atoms with E-state index in [0.29, 0.717) is 5.69 Å². The maximum Gasteiger partial charge on any atom is 0.148 e. The van der Waals surface area contributed by atoms with Gasteiger partial charge in [-0.2, -0.15) is 5.26 Å². The van der Waals surface area contributed by atoms with Crippen LogP contribution in [-0.4, -0.2) is 16.5 Å². The van der Waals surface area contributed by atoms with Crippen molar-refractivity contribution in [3.05, 3.63) is 22.8 Å². The smallest absolute Gasteiger partial charge is 0.148 e. The number of aromatic nitrogens is 2. The van der Waals surface area contributed by atoms with E-state index in [2.05, 4.69) is 21.4 Å². The van der Waals surface area contributed by atoms with Gasteiger partial charge in [-0.3, -0.25) is 0 Å². The summed E-state index contributed by atoms with van der Waals surface area (Å²) in [6.45, 7) is 5.75. The maximum absolute atomic E-state index is 9.03. The van der Waals surface area contributed by atoms with Gasteiger partial charge in [0.25, 0.3) is 0 Å². The summed E-state index contributed by atoms with van der Waals surface area (Å²) in [6, 6.07) is 2.16. The summed E-state index contributed by atoms with van der Waals surface area (Å²) in [5, 5.41) is 12.3. The summed E-state index contributed by atoms with van der Waals surface area (Å²) in [6.07, 6.45) is 0.895. The second-order valence-electron chi connectivity index (χ2n) is 4.05. The highest BCUT2D eigenvalue weighted by Gasteiger charge is 2.18. The molecule has 0 unspecified atom stereocenters. The van der Waals surface area contributed by atoms with E-state index in [-0.39, 0.29) is 5.92 Å². The number of fused-ring (bicyclic) bond motifs is 1. The van der Waals surface area contributed by atoms with Crippen LogP contribution in [0.4, 0.5) is 0 Å². The molecular weight excluding hydrogens is 188 g/mol. The Bertz CT molecular complexity index is 417. The van der Waals surface area contributed by atoms with Gasteiger partial charge < -0.3 is 5.32 Å². The molecule has 0 spiro atoms. The molecule has 0 saturated carbocycles. The third-order valence-corrected chi connectivity index (χ3v) is 2.57. The Labute approximate surface area is 89.4 Å². The van der Waals surface area contributed by atoms with Crippen molar-refractivity contribution in [1.29, 1.82) is 5.26 Å². The third kappa shape index (κ3) is 1.83. The van der Waals surface area contributed by atoms with Crippen LogP contribution in [0, 0.1) is 11.3 Å². The molecule has 0 saturated heterocycles. The molecule has 0 aromatic carbocycles. The molecular formula is C11H14N4. The summed E-state index contributed by atoms with van der Waals surface area (Å²) in [5.74, 6) is 1.06. The topological polar surface area (TPSA) is 61.6 Å². The van der Waals surface area contributed by atoms with Crippen molar-refractivity contribution < 1.29 is 0 Å². The quantitative estimate of drug-likeness (QED) is 0.741. The molecule has 1 N–H and O–H groups in total. The number of hydrogen-bond donors (Lipinski definition) is 1. The van der Waals surface area contributed by atoms with E-state index in [9.17, 15) is 0 Å². The molecule has 0 amide bonds. The van der Waals surface area contributed by atoms with Crippen LogP contribution in [0.2, 0.25) is 0 Å². The highest BCUT2D eigenvalue weighted by atomic mass is 15.0. The lowest BCUT2D eigenvalue weighted by molar-refractivity contribution is 0.611. The molecule has 78 valence electrons. The highest BCUT2D eigenvalue weighted by Crippen LogP contribution is 2.18. The Morgan fingerprint density at radius 3 is 2.87 bits per heavy atom. The largest absolute Gasteiger partial charge is 0.312 e. The first-order chi connectivity index (χ1) is 7.22. The Morgan fingerprint density at radius 1 is 1.40 bits per heavy atom. The molecule has 0 aliphatic carbocycles. The van der Waals surface area contributed by atoms with Crippen molar-refractivity contribution in [3.63, 3.8) is 0 Å². The fourth-order valence-electron chi connectivity index (χ4n) is 1.71. The van der Waals surface area contributed by atoms with Crippen LogP contribution in [0.5, 0.6) is 0 Å². The van der Waals surface area contributed by atoms with E-state index >= 15 is 0 Å². The minimum absolute atomic E-state index is 0.275. The Balaban J connectivity index is 2.54. The van der Waals surface area contributed by atoms with Crippen molar-refractivity contribution in [1.82, 2.24) is 15.3 Å². The van der Waals surface area contributed by atoms with Gasteiger partial charge in [0.05, 0.1) is 5.69 Å². The number of rotatable bonds is 1. The minimum Gasteiger partial charge on any atom is -0.312 e. The zero-order chi connectivity index (χ0) is 10.8. The predicted octanol–water partition coefficient (Wildman–Crippen LogP) is 1.12. The van der Waals surface area contributed by atoms with Gasteiger partial charge >= 0.3 is 0 Å². The van der Waals surface area contributed by atoms with E-state index in [1.807, 2.05) is 13.8 Å². The standard InChI is InChI=1S/C11H14N4/c1-7(2)11-14-9-3-4-13-6-8(9)10(5-12)15-11/h7,13H,3-4,6H2,1-2H3. The molecule has 1 aromatic heterocycles. The first-order valence-electron chi connectivity index (χ1n) is 5.23. The molecule has 0 radical (unpaired) electrons. The van der Waals surface area contributed by atoms with Gasteiger partial charge in [0, 0.05) is 31.0 Å². The number of nitrogens with zero attached hydrogens (tertiary/aromatic N) is 3.